The molecule has 1 heterocycles. The van der Waals surface area contributed by atoms with Crippen molar-refractivity contribution in [2.45, 2.75) is 25.8 Å². The number of nitrogens with zero attached hydrogens (tertiary/aromatic N) is 1. The number of aromatic nitrogens is 1. The molecule has 0 saturated carbocycles. The number of hydrogen-bond donors (Lipinski definition) is 1. The van der Waals surface area contributed by atoms with Crippen LogP contribution >= 0.6 is 0 Å². The maximum absolute atomic E-state index is 10.9. The van der Waals surface area contributed by atoms with Crippen LogP contribution in [-0.2, 0) is 22.5 Å². The summed E-state index contributed by atoms with van der Waals surface area (Å²) < 4.78 is 4.56. The van der Waals surface area contributed by atoms with Crippen molar-refractivity contribution in [1.29, 1.82) is 0 Å². The fourth-order valence-corrected chi connectivity index (χ4v) is 1.33. The van der Waals surface area contributed by atoms with Gasteiger partial charge in [0.2, 0.25) is 0 Å². The maximum atomic E-state index is 10.9. The van der Waals surface area contributed by atoms with Crippen LogP contribution < -0.4 is 5.73 Å². The lowest BCUT2D eigenvalue weighted by Gasteiger charge is -2.02. The van der Waals surface area contributed by atoms with E-state index in [4.69, 9.17) is 5.73 Å². The van der Waals surface area contributed by atoms with E-state index < -0.39 is 0 Å². The Morgan fingerprint density at radius 1 is 1.60 bits per heavy atom. The molecular weight excluding hydrogens is 192 g/mol. The van der Waals surface area contributed by atoms with Crippen LogP contribution in [0.3, 0.4) is 0 Å². The van der Waals surface area contributed by atoms with Crippen molar-refractivity contribution in [3.63, 3.8) is 0 Å². The molecule has 0 aliphatic rings. The SMILES string of the molecule is COC(=O)CCCc1ccnc(CN)c1. The van der Waals surface area contributed by atoms with E-state index in [9.17, 15) is 4.79 Å². The van der Waals surface area contributed by atoms with Gasteiger partial charge in [0.05, 0.1) is 12.8 Å². The third kappa shape index (κ3) is 4.08. The Balaban J connectivity index is 2.40. The molecule has 0 bridgehead atoms. The minimum absolute atomic E-state index is 0.164. The molecule has 0 aliphatic carbocycles. The number of esters is 1. The maximum Gasteiger partial charge on any atom is 0.305 e. The molecule has 0 fully saturated rings. The van der Waals surface area contributed by atoms with E-state index in [-0.39, 0.29) is 5.97 Å². The summed E-state index contributed by atoms with van der Waals surface area (Å²) in [6.07, 6.45) is 3.85. The van der Waals surface area contributed by atoms with E-state index in [0.717, 1.165) is 24.1 Å². The van der Waals surface area contributed by atoms with Gasteiger partial charge in [0.25, 0.3) is 0 Å². The number of hydrogen-bond acceptors (Lipinski definition) is 4. The van der Waals surface area contributed by atoms with Crippen molar-refractivity contribution in [2.75, 3.05) is 7.11 Å². The zero-order valence-electron chi connectivity index (χ0n) is 8.90. The number of aryl methyl sites for hydroxylation is 1. The zero-order chi connectivity index (χ0) is 11.1. The Bertz CT molecular complexity index is 326. The first kappa shape index (κ1) is 11.7. The lowest BCUT2D eigenvalue weighted by atomic mass is 10.1. The molecule has 1 aromatic rings. The molecule has 1 rings (SSSR count). The smallest absolute Gasteiger partial charge is 0.305 e. The van der Waals surface area contributed by atoms with Gasteiger partial charge in [0, 0.05) is 19.2 Å². The molecule has 15 heavy (non-hydrogen) atoms. The summed E-state index contributed by atoms with van der Waals surface area (Å²) in [4.78, 5) is 15.0. The van der Waals surface area contributed by atoms with Gasteiger partial charge in [-0.1, -0.05) is 0 Å². The summed E-state index contributed by atoms with van der Waals surface area (Å²) in [7, 11) is 1.40. The summed E-state index contributed by atoms with van der Waals surface area (Å²) >= 11 is 0. The van der Waals surface area contributed by atoms with E-state index in [1.54, 1.807) is 6.20 Å². The van der Waals surface area contributed by atoms with E-state index in [2.05, 4.69) is 9.72 Å². The van der Waals surface area contributed by atoms with Gasteiger partial charge in [0.15, 0.2) is 0 Å². The Hall–Kier alpha value is -1.42. The van der Waals surface area contributed by atoms with Gasteiger partial charge < -0.3 is 10.5 Å². The predicted octanol–water partition coefficient (Wildman–Crippen LogP) is 1.04. The molecule has 0 amide bonds. The number of rotatable bonds is 5. The first-order valence-electron chi connectivity index (χ1n) is 4.97. The molecule has 4 heteroatoms. The average molecular weight is 208 g/mol. The van der Waals surface area contributed by atoms with Crippen molar-refractivity contribution in [3.05, 3.63) is 29.6 Å². The van der Waals surface area contributed by atoms with Gasteiger partial charge in [-0.2, -0.15) is 0 Å². The van der Waals surface area contributed by atoms with Crippen molar-refractivity contribution in [2.24, 2.45) is 5.73 Å². The summed E-state index contributed by atoms with van der Waals surface area (Å²) in [6, 6.07) is 3.91. The first-order valence-corrected chi connectivity index (χ1v) is 4.97. The highest BCUT2D eigenvalue weighted by atomic mass is 16.5. The highest BCUT2D eigenvalue weighted by Gasteiger charge is 2.01. The fourth-order valence-electron chi connectivity index (χ4n) is 1.33. The van der Waals surface area contributed by atoms with Crippen LogP contribution in [0.5, 0.6) is 0 Å². The van der Waals surface area contributed by atoms with Crippen LogP contribution in [0.25, 0.3) is 0 Å². The van der Waals surface area contributed by atoms with Crippen LogP contribution in [0, 0.1) is 0 Å². The standard InChI is InChI=1S/C11H16N2O2/c1-15-11(14)4-2-3-9-5-6-13-10(7-9)8-12/h5-7H,2-4,8,12H2,1H3. The molecule has 0 saturated heterocycles. The predicted molar refractivity (Wildman–Crippen MR) is 57.1 cm³/mol. The molecule has 0 radical (unpaired) electrons. The van der Waals surface area contributed by atoms with Gasteiger partial charge in [-0.3, -0.25) is 9.78 Å². The number of nitrogens with two attached hydrogens (primary N) is 1. The van der Waals surface area contributed by atoms with Gasteiger partial charge in [-0.15, -0.1) is 0 Å². The van der Waals surface area contributed by atoms with Gasteiger partial charge in [0.1, 0.15) is 0 Å². The second kappa shape index (κ2) is 6.14. The van der Waals surface area contributed by atoms with Crippen molar-refractivity contribution < 1.29 is 9.53 Å². The highest BCUT2D eigenvalue weighted by molar-refractivity contribution is 5.69. The summed E-state index contributed by atoms with van der Waals surface area (Å²) in [6.45, 7) is 0.449. The van der Waals surface area contributed by atoms with Crippen LogP contribution in [-0.4, -0.2) is 18.1 Å². The van der Waals surface area contributed by atoms with Crippen molar-refractivity contribution >= 4 is 5.97 Å². The van der Waals surface area contributed by atoms with Gasteiger partial charge in [-0.25, -0.2) is 0 Å². The highest BCUT2D eigenvalue weighted by Crippen LogP contribution is 2.06. The Morgan fingerprint density at radius 3 is 3.07 bits per heavy atom. The second-order valence-electron chi connectivity index (χ2n) is 3.29. The van der Waals surface area contributed by atoms with E-state index >= 15 is 0 Å². The van der Waals surface area contributed by atoms with E-state index in [1.807, 2.05) is 12.1 Å². The second-order valence-corrected chi connectivity index (χ2v) is 3.29. The van der Waals surface area contributed by atoms with Crippen LogP contribution in [0.2, 0.25) is 0 Å². The van der Waals surface area contributed by atoms with E-state index in [0.29, 0.717) is 13.0 Å². The summed E-state index contributed by atoms with van der Waals surface area (Å²) in [5.74, 6) is -0.164. The van der Waals surface area contributed by atoms with Crippen LogP contribution in [0.1, 0.15) is 24.1 Å². The summed E-state index contributed by atoms with van der Waals surface area (Å²) in [5, 5.41) is 0. The number of carbonyl (C=O) groups excluding carboxylic acids is 1. The van der Waals surface area contributed by atoms with Gasteiger partial charge >= 0.3 is 5.97 Å². The van der Waals surface area contributed by atoms with Crippen LogP contribution in [0.4, 0.5) is 0 Å². The normalized spacial score (nSPS) is 10.0. The quantitative estimate of drug-likeness (QED) is 0.734. The number of pyridine rings is 1. The third-order valence-electron chi connectivity index (χ3n) is 2.16. The Morgan fingerprint density at radius 2 is 2.40 bits per heavy atom. The molecular formula is C11H16N2O2. The Labute approximate surface area is 89.5 Å². The molecule has 1 aromatic heterocycles. The topological polar surface area (TPSA) is 65.2 Å². The average Bonchev–Trinajstić information content (AvgIpc) is 2.29. The van der Waals surface area contributed by atoms with Crippen molar-refractivity contribution in [3.8, 4) is 0 Å². The van der Waals surface area contributed by atoms with Crippen LogP contribution in [0.15, 0.2) is 18.3 Å². The molecule has 0 spiro atoms. The lowest BCUT2D eigenvalue weighted by molar-refractivity contribution is -0.140. The summed E-state index contributed by atoms with van der Waals surface area (Å²) in [5.41, 5.74) is 7.52. The number of carbonyl (C=O) groups is 1. The van der Waals surface area contributed by atoms with E-state index in [1.165, 1.54) is 7.11 Å². The molecule has 4 nitrogen and oxygen atoms in total. The molecule has 0 atom stereocenters. The lowest BCUT2D eigenvalue weighted by Crippen LogP contribution is -2.02. The van der Waals surface area contributed by atoms with Gasteiger partial charge in [-0.05, 0) is 30.5 Å². The third-order valence-corrected chi connectivity index (χ3v) is 2.16. The monoisotopic (exact) mass is 208 g/mol. The number of ether oxygens (including phenoxy) is 1. The van der Waals surface area contributed by atoms with Crippen molar-refractivity contribution in [1.82, 2.24) is 4.98 Å². The first-order chi connectivity index (χ1) is 7.26. The Kier molecular flexibility index (Phi) is 4.77. The molecule has 2 N–H and O–H groups in total. The minimum atomic E-state index is -0.164. The minimum Gasteiger partial charge on any atom is -0.469 e. The molecule has 0 aliphatic heterocycles. The molecule has 0 unspecified atom stereocenters. The molecule has 0 aromatic carbocycles. The number of methoxy groups -OCH3 is 1. The largest absolute Gasteiger partial charge is 0.469 e. The fraction of sp³-hybridized carbons (Fsp3) is 0.455. The zero-order valence-corrected chi connectivity index (χ0v) is 8.90. The molecule has 82 valence electrons.